The number of nitrogens with one attached hydrogen (secondary N) is 2. The van der Waals surface area contributed by atoms with Crippen LogP contribution in [0.4, 0.5) is 17.2 Å². The van der Waals surface area contributed by atoms with Crippen LogP contribution in [0.15, 0.2) is 72.8 Å². The highest BCUT2D eigenvalue weighted by Gasteiger charge is 2.15. The van der Waals surface area contributed by atoms with E-state index in [0.29, 0.717) is 17.3 Å². The van der Waals surface area contributed by atoms with E-state index < -0.39 is 0 Å². The molecular formula is C24H20N6O2. The minimum atomic E-state index is -0.109. The van der Waals surface area contributed by atoms with Gasteiger partial charge in [0.1, 0.15) is 5.75 Å². The summed E-state index contributed by atoms with van der Waals surface area (Å²) in [5.41, 5.74) is 3.14. The smallest absolute Gasteiger partial charge is 0.221 e. The van der Waals surface area contributed by atoms with Crippen LogP contribution in [0.5, 0.6) is 5.75 Å². The highest BCUT2D eigenvalue weighted by Crippen LogP contribution is 2.30. The number of methoxy groups -OCH3 is 1. The van der Waals surface area contributed by atoms with Gasteiger partial charge in [0.25, 0.3) is 0 Å². The van der Waals surface area contributed by atoms with E-state index in [1.165, 1.54) is 6.92 Å². The lowest BCUT2D eigenvalue weighted by Gasteiger charge is -2.11. The molecule has 0 spiro atoms. The Labute approximate surface area is 183 Å². The Hall–Kier alpha value is -4.46. The van der Waals surface area contributed by atoms with Gasteiger partial charge in [-0.3, -0.25) is 4.79 Å². The molecule has 5 aromatic rings. The van der Waals surface area contributed by atoms with Gasteiger partial charge in [-0.25, -0.2) is 0 Å². The molecule has 32 heavy (non-hydrogen) atoms. The molecule has 2 aromatic heterocycles. The third-order valence-corrected chi connectivity index (χ3v) is 5.08. The third kappa shape index (κ3) is 3.58. The summed E-state index contributed by atoms with van der Waals surface area (Å²) in [4.78, 5) is 11.3. The molecule has 5 rings (SSSR count). The highest BCUT2D eigenvalue weighted by atomic mass is 16.5. The van der Waals surface area contributed by atoms with Crippen molar-refractivity contribution < 1.29 is 9.53 Å². The first-order chi connectivity index (χ1) is 15.6. The van der Waals surface area contributed by atoms with Crippen LogP contribution in [0.2, 0.25) is 0 Å². The van der Waals surface area contributed by atoms with Crippen LogP contribution in [-0.4, -0.2) is 32.8 Å². The number of nitrogens with zero attached hydrogens (tertiary/aromatic N) is 4. The lowest BCUT2D eigenvalue weighted by Crippen LogP contribution is -2.06. The van der Waals surface area contributed by atoms with E-state index in [1.54, 1.807) is 11.6 Å². The quantitative estimate of drug-likeness (QED) is 0.426. The van der Waals surface area contributed by atoms with Crippen LogP contribution >= 0.6 is 0 Å². The van der Waals surface area contributed by atoms with Crippen LogP contribution in [0.3, 0.4) is 0 Å². The monoisotopic (exact) mass is 424 g/mol. The van der Waals surface area contributed by atoms with Crippen molar-refractivity contribution >= 4 is 39.5 Å². The van der Waals surface area contributed by atoms with Crippen molar-refractivity contribution in [1.29, 1.82) is 0 Å². The molecule has 3 aromatic carbocycles. The Morgan fingerprint density at radius 2 is 1.56 bits per heavy atom. The maximum atomic E-state index is 11.3. The summed E-state index contributed by atoms with van der Waals surface area (Å²) in [7, 11) is 1.63. The van der Waals surface area contributed by atoms with E-state index >= 15 is 0 Å². The van der Waals surface area contributed by atoms with Gasteiger partial charge in [0.15, 0.2) is 17.3 Å². The van der Waals surface area contributed by atoms with Crippen molar-refractivity contribution in [1.82, 2.24) is 19.8 Å². The fraction of sp³-hybridized carbons (Fsp3) is 0.0833. The summed E-state index contributed by atoms with van der Waals surface area (Å²) < 4.78 is 7.00. The summed E-state index contributed by atoms with van der Waals surface area (Å²) in [6.45, 7) is 1.48. The minimum absolute atomic E-state index is 0.109. The van der Waals surface area contributed by atoms with Gasteiger partial charge in [-0.1, -0.05) is 24.3 Å². The van der Waals surface area contributed by atoms with Crippen molar-refractivity contribution in [2.75, 3.05) is 17.7 Å². The SMILES string of the molecule is COc1ccc(-c2nnc3c4ccccc4c(Nc4ccc(NC(C)=O)cc4)nn23)cc1. The van der Waals surface area contributed by atoms with Gasteiger partial charge >= 0.3 is 0 Å². The predicted octanol–water partition coefficient (Wildman–Crippen LogP) is 4.66. The van der Waals surface area contributed by atoms with Gasteiger partial charge in [-0.05, 0) is 48.5 Å². The second-order valence-electron chi connectivity index (χ2n) is 7.27. The number of anilines is 3. The number of hydrogen-bond acceptors (Lipinski definition) is 6. The molecule has 0 atom stereocenters. The van der Waals surface area contributed by atoms with Crippen molar-refractivity contribution in [3.05, 3.63) is 72.8 Å². The molecule has 0 aliphatic carbocycles. The first kappa shape index (κ1) is 19.5. The molecular weight excluding hydrogens is 404 g/mol. The number of benzene rings is 3. The van der Waals surface area contributed by atoms with E-state index in [-0.39, 0.29) is 5.91 Å². The molecule has 0 fully saturated rings. The average Bonchev–Trinajstić information content (AvgIpc) is 3.24. The fourth-order valence-corrected chi connectivity index (χ4v) is 3.57. The van der Waals surface area contributed by atoms with Gasteiger partial charge in [0, 0.05) is 34.6 Å². The molecule has 1 amide bonds. The molecule has 2 N–H and O–H groups in total. The molecule has 0 radical (unpaired) electrons. The van der Waals surface area contributed by atoms with Crippen LogP contribution < -0.4 is 15.4 Å². The second-order valence-corrected chi connectivity index (χ2v) is 7.27. The molecule has 0 aliphatic heterocycles. The summed E-state index contributed by atoms with van der Waals surface area (Å²) in [6.07, 6.45) is 0. The lowest BCUT2D eigenvalue weighted by atomic mass is 10.1. The Balaban J connectivity index is 1.60. The Kier molecular flexibility index (Phi) is 4.87. The van der Waals surface area contributed by atoms with E-state index in [4.69, 9.17) is 9.84 Å². The van der Waals surface area contributed by atoms with Crippen molar-refractivity contribution in [3.63, 3.8) is 0 Å². The zero-order valence-corrected chi connectivity index (χ0v) is 17.5. The number of rotatable bonds is 5. The largest absolute Gasteiger partial charge is 0.497 e. The van der Waals surface area contributed by atoms with Gasteiger partial charge < -0.3 is 15.4 Å². The number of amides is 1. The highest BCUT2D eigenvalue weighted by molar-refractivity contribution is 6.01. The summed E-state index contributed by atoms with van der Waals surface area (Å²) >= 11 is 0. The summed E-state index contributed by atoms with van der Waals surface area (Å²) in [5.74, 6) is 1.97. The van der Waals surface area contributed by atoms with Crippen LogP contribution in [0, 0.1) is 0 Å². The van der Waals surface area contributed by atoms with Gasteiger partial charge in [-0.15, -0.1) is 15.3 Å². The molecule has 2 heterocycles. The lowest BCUT2D eigenvalue weighted by molar-refractivity contribution is -0.114. The molecule has 0 saturated carbocycles. The number of aromatic nitrogens is 4. The molecule has 0 aliphatic rings. The fourth-order valence-electron chi connectivity index (χ4n) is 3.57. The Morgan fingerprint density at radius 1 is 0.875 bits per heavy atom. The van der Waals surface area contributed by atoms with E-state index in [9.17, 15) is 4.79 Å². The van der Waals surface area contributed by atoms with Crippen molar-refractivity contribution in [2.24, 2.45) is 0 Å². The molecule has 0 bridgehead atoms. The Morgan fingerprint density at radius 3 is 2.25 bits per heavy atom. The van der Waals surface area contributed by atoms with Gasteiger partial charge in [0.05, 0.1) is 7.11 Å². The number of fused-ring (bicyclic) bond motifs is 3. The molecule has 0 saturated heterocycles. The standard InChI is InChI=1S/C24H20N6O2/c1-15(31)25-17-9-11-18(12-10-17)26-22-20-5-3-4-6-21(20)24-28-27-23(30(24)29-22)16-7-13-19(32-2)14-8-16/h3-14H,1-2H3,(H,25,31)(H,26,29). The van der Waals surface area contributed by atoms with Crippen LogP contribution in [0.25, 0.3) is 27.8 Å². The van der Waals surface area contributed by atoms with E-state index in [1.807, 2.05) is 72.8 Å². The molecule has 158 valence electrons. The maximum Gasteiger partial charge on any atom is 0.221 e. The molecule has 8 nitrogen and oxygen atoms in total. The van der Waals surface area contributed by atoms with Crippen LogP contribution in [-0.2, 0) is 4.79 Å². The minimum Gasteiger partial charge on any atom is -0.497 e. The zero-order valence-electron chi connectivity index (χ0n) is 17.5. The predicted molar refractivity (Wildman–Crippen MR) is 124 cm³/mol. The average molecular weight is 424 g/mol. The normalized spacial score (nSPS) is 10.9. The molecule has 0 unspecified atom stereocenters. The number of ether oxygens (including phenoxy) is 1. The number of carbonyl (C=O) groups is 1. The number of hydrogen-bond donors (Lipinski definition) is 2. The van der Waals surface area contributed by atoms with Gasteiger partial charge in [-0.2, -0.15) is 4.52 Å². The summed E-state index contributed by atoms with van der Waals surface area (Å²) in [6, 6.07) is 23.0. The first-order valence-corrected chi connectivity index (χ1v) is 10.1. The van der Waals surface area contributed by atoms with Crippen LogP contribution in [0.1, 0.15) is 6.92 Å². The second kappa shape index (κ2) is 7.99. The van der Waals surface area contributed by atoms with Crippen molar-refractivity contribution in [2.45, 2.75) is 6.92 Å². The topological polar surface area (TPSA) is 93.4 Å². The Bertz CT molecular complexity index is 1430. The van der Waals surface area contributed by atoms with Crippen molar-refractivity contribution in [3.8, 4) is 17.1 Å². The zero-order chi connectivity index (χ0) is 22.1. The molecule has 8 heteroatoms. The maximum absolute atomic E-state index is 11.3. The van der Waals surface area contributed by atoms with Gasteiger partial charge in [0.2, 0.25) is 5.91 Å². The van der Waals surface area contributed by atoms with E-state index in [2.05, 4.69) is 20.8 Å². The summed E-state index contributed by atoms with van der Waals surface area (Å²) in [5, 5.41) is 21.7. The van der Waals surface area contributed by atoms with E-state index in [0.717, 1.165) is 33.5 Å². The number of carbonyl (C=O) groups excluding carboxylic acids is 1. The first-order valence-electron chi connectivity index (χ1n) is 10.1. The third-order valence-electron chi connectivity index (χ3n) is 5.08.